The Balaban J connectivity index is 2.20. The first-order valence-corrected chi connectivity index (χ1v) is 5.92. The van der Waals surface area contributed by atoms with Gasteiger partial charge in [0.2, 0.25) is 16.7 Å². The summed E-state index contributed by atoms with van der Waals surface area (Å²) in [5.74, 6) is -0.897. The van der Waals surface area contributed by atoms with Crippen LogP contribution >= 0.6 is 0 Å². The zero-order valence-corrected chi connectivity index (χ0v) is 9.60. The fraction of sp³-hybridized carbons (Fsp3) is 0.417. The Kier molecular flexibility index (Phi) is 2.43. The fourth-order valence-corrected chi connectivity index (χ4v) is 2.56. The van der Waals surface area contributed by atoms with Crippen LogP contribution in [0.1, 0.15) is 47.8 Å². The van der Waals surface area contributed by atoms with Crippen LogP contribution in [0.25, 0.3) is 11.1 Å². The Bertz CT molecular complexity index is 664. The van der Waals surface area contributed by atoms with Crippen molar-refractivity contribution in [1.29, 1.82) is 0 Å². The largest absolute Gasteiger partial charge is 0.476 e. The number of aromatic nitrogens is 2. The van der Waals surface area contributed by atoms with E-state index >= 15 is 0 Å². The SMILES string of the molecule is O=C(O)c1noc2c(=O)cc(C3CCCC3)[nH]c12. The summed E-state index contributed by atoms with van der Waals surface area (Å²) in [6.45, 7) is 0. The van der Waals surface area contributed by atoms with Crippen molar-refractivity contribution in [3.63, 3.8) is 0 Å². The van der Waals surface area contributed by atoms with Crippen LogP contribution in [0.3, 0.4) is 0 Å². The second-order valence-corrected chi connectivity index (χ2v) is 4.61. The zero-order valence-electron chi connectivity index (χ0n) is 9.60. The predicted octanol–water partition coefficient (Wildman–Crippen LogP) is 1.87. The monoisotopic (exact) mass is 248 g/mol. The van der Waals surface area contributed by atoms with Gasteiger partial charge in [-0.1, -0.05) is 18.0 Å². The maximum Gasteiger partial charge on any atom is 0.360 e. The molecular weight excluding hydrogens is 236 g/mol. The molecule has 0 atom stereocenters. The molecule has 1 aliphatic carbocycles. The standard InChI is InChI=1S/C12H12N2O4/c15-8-5-7(6-3-1-2-4-6)13-9-10(12(16)17)14-18-11(8)9/h5-6H,1-4H2,(H,13,15)(H,16,17). The molecule has 0 aromatic carbocycles. The average Bonchev–Trinajstić information content (AvgIpc) is 2.97. The van der Waals surface area contributed by atoms with Crippen molar-refractivity contribution in [3.05, 3.63) is 27.7 Å². The Hall–Kier alpha value is -2.11. The van der Waals surface area contributed by atoms with E-state index < -0.39 is 5.97 Å². The quantitative estimate of drug-likeness (QED) is 0.845. The van der Waals surface area contributed by atoms with Crippen molar-refractivity contribution in [3.8, 4) is 0 Å². The predicted molar refractivity (Wildman–Crippen MR) is 62.8 cm³/mol. The van der Waals surface area contributed by atoms with Crippen molar-refractivity contribution in [2.45, 2.75) is 31.6 Å². The number of aromatic carboxylic acids is 1. The van der Waals surface area contributed by atoms with Gasteiger partial charge in [-0.2, -0.15) is 0 Å². The van der Waals surface area contributed by atoms with Gasteiger partial charge in [0.1, 0.15) is 5.52 Å². The molecule has 3 rings (SSSR count). The molecule has 0 bridgehead atoms. The van der Waals surface area contributed by atoms with Crippen LogP contribution in [0.4, 0.5) is 0 Å². The summed E-state index contributed by atoms with van der Waals surface area (Å²) >= 11 is 0. The maximum absolute atomic E-state index is 11.8. The van der Waals surface area contributed by atoms with Crippen LogP contribution in [0.5, 0.6) is 0 Å². The highest BCUT2D eigenvalue weighted by Gasteiger charge is 2.23. The first-order valence-electron chi connectivity index (χ1n) is 5.92. The Morgan fingerprint density at radius 1 is 1.44 bits per heavy atom. The molecule has 0 radical (unpaired) electrons. The van der Waals surface area contributed by atoms with Crippen LogP contribution in [-0.4, -0.2) is 21.2 Å². The van der Waals surface area contributed by atoms with E-state index in [1.807, 2.05) is 0 Å². The summed E-state index contributed by atoms with van der Waals surface area (Å²) in [6, 6.07) is 1.50. The lowest BCUT2D eigenvalue weighted by Gasteiger charge is -2.08. The van der Waals surface area contributed by atoms with E-state index in [4.69, 9.17) is 9.63 Å². The maximum atomic E-state index is 11.8. The van der Waals surface area contributed by atoms with Gasteiger partial charge in [0, 0.05) is 11.8 Å². The highest BCUT2D eigenvalue weighted by molar-refractivity contribution is 5.98. The van der Waals surface area contributed by atoms with Gasteiger partial charge >= 0.3 is 5.97 Å². The number of rotatable bonds is 2. The smallest absolute Gasteiger partial charge is 0.360 e. The highest BCUT2D eigenvalue weighted by atomic mass is 16.5. The number of carboxylic acid groups (broad SMARTS) is 1. The van der Waals surface area contributed by atoms with Gasteiger partial charge in [0.05, 0.1) is 0 Å². The third kappa shape index (κ3) is 1.61. The number of pyridine rings is 1. The lowest BCUT2D eigenvalue weighted by atomic mass is 10.0. The van der Waals surface area contributed by atoms with Crippen LogP contribution in [0.15, 0.2) is 15.4 Å². The summed E-state index contributed by atoms with van der Waals surface area (Å²) in [7, 11) is 0. The van der Waals surface area contributed by atoms with E-state index in [0.717, 1.165) is 31.4 Å². The number of nitrogens with one attached hydrogen (secondary N) is 1. The molecule has 94 valence electrons. The van der Waals surface area contributed by atoms with Gasteiger partial charge in [0.15, 0.2) is 0 Å². The molecule has 6 heteroatoms. The topological polar surface area (TPSA) is 96.2 Å². The number of fused-ring (bicyclic) bond motifs is 1. The van der Waals surface area contributed by atoms with Gasteiger partial charge in [-0.3, -0.25) is 4.79 Å². The van der Waals surface area contributed by atoms with Crippen molar-refractivity contribution in [2.75, 3.05) is 0 Å². The fourth-order valence-electron chi connectivity index (χ4n) is 2.56. The Morgan fingerprint density at radius 2 is 2.17 bits per heavy atom. The van der Waals surface area contributed by atoms with E-state index in [1.165, 1.54) is 6.07 Å². The van der Waals surface area contributed by atoms with Gasteiger partial charge in [-0.15, -0.1) is 0 Å². The molecule has 0 unspecified atom stereocenters. The van der Waals surface area contributed by atoms with Gasteiger partial charge in [0.25, 0.3) is 0 Å². The molecule has 1 saturated carbocycles. The molecule has 2 aromatic rings. The van der Waals surface area contributed by atoms with Crippen LogP contribution in [0.2, 0.25) is 0 Å². The van der Waals surface area contributed by atoms with Gasteiger partial charge in [-0.25, -0.2) is 4.79 Å². The molecule has 2 aromatic heterocycles. The van der Waals surface area contributed by atoms with Crippen molar-refractivity contribution < 1.29 is 14.4 Å². The number of carbonyl (C=O) groups is 1. The third-order valence-electron chi connectivity index (χ3n) is 3.47. The number of carboxylic acids is 1. The molecule has 6 nitrogen and oxygen atoms in total. The second kappa shape index (κ2) is 3.97. The molecule has 1 fully saturated rings. The summed E-state index contributed by atoms with van der Waals surface area (Å²) in [5, 5.41) is 12.4. The molecule has 1 aliphatic rings. The molecule has 0 aliphatic heterocycles. The lowest BCUT2D eigenvalue weighted by molar-refractivity contribution is 0.0687. The molecule has 0 saturated heterocycles. The molecule has 18 heavy (non-hydrogen) atoms. The summed E-state index contributed by atoms with van der Waals surface area (Å²) < 4.78 is 4.78. The van der Waals surface area contributed by atoms with Gasteiger partial charge < -0.3 is 14.6 Å². The van der Waals surface area contributed by atoms with E-state index in [9.17, 15) is 9.59 Å². The molecular formula is C12H12N2O4. The molecule has 2 N–H and O–H groups in total. The number of hydrogen-bond acceptors (Lipinski definition) is 4. The van der Waals surface area contributed by atoms with Crippen molar-refractivity contribution >= 4 is 17.1 Å². The van der Waals surface area contributed by atoms with E-state index in [-0.39, 0.29) is 22.2 Å². The number of hydrogen-bond donors (Lipinski definition) is 2. The van der Waals surface area contributed by atoms with Crippen molar-refractivity contribution in [1.82, 2.24) is 10.1 Å². The second-order valence-electron chi connectivity index (χ2n) is 4.61. The first-order chi connectivity index (χ1) is 8.66. The van der Waals surface area contributed by atoms with Crippen LogP contribution in [0, 0.1) is 0 Å². The van der Waals surface area contributed by atoms with Crippen LogP contribution in [-0.2, 0) is 0 Å². The minimum absolute atomic E-state index is 0.0193. The number of aromatic amines is 1. The average molecular weight is 248 g/mol. The minimum atomic E-state index is -1.20. The Labute approximate surface area is 102 Å². The highest BCUT2D eigenvalue weighted by Crippen LogP contribution is 2.33. The van der Waals surface area contributed by atoms with Gasteiger partial charge in [-0.05, 0) is 18.8 Å². The van der Waals surface area contributed by atoms with E-state index in [1.54, 1.807) is 0 Å². The first kappa shape index (κ1) is 11.0. The van der Waals surface area contributed by atoms with E-state index in [2.05, 4.69) is 10.1 Å². The molecule has 2 heterocycles. The Morgan fingerprint density at radius 3 is 2.83 bits per heavy atom. The lowest BCUT2D eigenvalue weighted by Crippen LogP contribution is -2.08. The minimum Gasteiger partial charge on any atom is -0.476 e. The zero-order chi connectivity index (χ0) is 12.7. The molecule has 0 spiro atoms. The van der Waals surface area contributed by atoms with Crippen LogP contribution < -0.4 is 5.43 Å². The summed E-state index contributed by atoms with van der Waals surface area (Å²) in [6.07, 6.45) is 4.32. The van der Waals surface area contributed by atoms with E-state index in [0.29, 0.717) is 5.92 Å². The normalized spacial score (nSPS) is 16.4. The summed E-state index contributed by atoms with van der Waals surface area (Å²) in [5.41, 5.74) is 0.411. The number of H-pyrrole nitrogens is 1. The number of nitrogens with zero attached hydrogens (tertiary/aromatic N) is 1. The third-order valence-corrected chi connectivity index (χ3v) is 3.47. The summed E-state index contributed by atoms with van der Waals surface area (Å²) in [4.78, 5) is 25.8. The van der Waals surface area contributed by atoms with Crippen molar-refractivity contribution in [2.24, 2.45) is 0 Å². The molecule has 0 amide bonds.